The van der Waals surface area contributed by atoms with Crippen LogP contribution in [0.3, 0.4) is 0 Å². The minimum Gasteiger partial charge on any atom is -0.454 e. The van der Waals surface area contributed by atoms with Crippen molar-refractivity contribution in [2.24, 2.45) is 0 Å². The van der Waals surface area contributed by atoms with Crippen LogP contribution in [0.25, 0.3) is 5.82 Å². The molecular formula is C22H23N5O4. The zero-order chi connectivity index (χ0) is 22.0. The van der Waals surface area contributed by atoms with Crippen LogP contribution >= 0.6 is 0 Å². The molecule has 0 aliphatic carbocycles. The molecule has 1 fully saturated rings. The molecule has 3 aromatic heterocycles. The third-order valence-corrected chi connectivity index (χ3v) is 5.17. The Morgan fingerprint density at radius 3 is 2.52 bits per heavy atom. The lowest BCUT2D eigenvalue weighted by Gasteiger charge is -2.13. The zero-order valence-corrected chi connectivity index (χ0v) is 17.4. The fourth-order valence-corrected chi connectivity index (χ4v) is 3.56. The molecule has 0 aromatic carbocycles. The average Bonchev–Trinajstić information content (AvgIpc) is 3.52. The summed E-state index contributed by atoms with van der Waals surface area (Å²) in [5.41, 5.74) is 2.70. The van der Waals surface area contributed by atoms with Gasteiger partial charge in [-0.25, -0.2) is 14.5 Å². The maximum Gasteiger partial charge on any atom is 0.340 e. The van der Waals surface area contributed by atoms with Crippen LogP contribution in [0.2, 0.25) is 0 Å². The van der Waals surface area contributed by atoms with Gasteiger partial charge in [0.2, 0.25) is 5.78 Å². The molecule has 1 saturated heterocycles. The summed E-state index contributed by atoms with van der Waals surface area (Å²) in [4.78, 5) is 45.9. The van der Waals surface area contributed by atoms with E-state index in [1.54, 1.807) is 21.7 Å². The molecule has 160 valence electrons. The number of esters is 1. The molecule has 3 aromatic rings. The van der Waals surface area contributed by atoms with E-state index < -0.39 is 18.4 Å². The molecule has 9 heteroatoms. The van der Waals surface area contributed by atoms with Gasteiger partial charge >= 0.3 is 5.97 Å². The van der Waals surface area contributed by atoms with Gasteiger partial charge in [-0.2, -0.15) is 5.10 Å². The molecule has 31 heavy (non-hydrogen) atoms. The number of hydrogen-bond acceptors (Lipinski definition) is 6. The van der Waals surface area contributed by atoms with Crippen molar-refractivity contribution >= 4 is 17.7 Å². The fraction of sp³-hybridized carbons (Fsp3) is 0.318. The first kappa shape index (κ1) is 20.5. The van der Waals surface area contributed by atoms with Crippen LogP contribution in [0.1, 0.15) is 55.4 Å². The van der Waals surface area contributed by atoms with Crippen molar-refractivity contribution < 1.29 is 19.1 Å². The monoisotopic (exact) mass is 421 g/mol. The van der Waals surface area contributed by atoms with Crippen molar-refractivity contribution in [1.29, 1.82) is 0 Å². The molecular weight excluding hydrogens is 398 g/mol. The number of hydrogen-bond donors (Lipinski definition) is 1. The third-order valence-electron chi connectivity index (χ3n) is 5.17. The number of aromatic nitrogens is 4. The molecule has 1 aliphatic rings. The summed E-state index contributed by atoms with van der Waals surface area (Å²) >= 11 is 0. The van der Waals surface area contributed by atoms with Crippen LogP contribution in [0.15, 0.2) is 36.7 Å². The number of nitrogens with zero attached hydrogens (tertiary/aromatic N) is 4. The maximum absolute atomic E-state index is 12.4. The molecule has 0 saturated carbocycles. The Balaban J connectivity index is 1.35. The highest BCUT2D eigenvalue weighted by molar-refractivity contribution is 6.02. The lowest BCUT2D eigenvalue weighted by atomic mass is 10.2. The smallest absolute Gasteiger partial charge is 0.340 e. The number of H-pyrrole nitrogens is 1. The van der Waals surface area contributed by atoms with E-state index in [-0.39, 0.29) is 11.5 Å². The number of carbonyl (C=O) groups excluding carboxylic acids is 3. The number of aromatic amines is 1. The molecule has 4 heterocycles. The van der Waals surface area contributed by atoms with Crippen molar-refractivity contribution in [2.75, 3.05) is 19.7 Å². The van der Waals surface area contributed by atoms with Crippen LogP contribution in [-0.4, -0.2) is 62.0 Å². The summed E-state index contributed by atoms with van der Waals surface area (Å²) in [5.74, 6) is -0.579. The Bertz CT molecular complexity index is 1120. The second-order valence-electron chi connectivity index (χ2n) is 7.54. The van der Waals surface area contributed by atoms with Gasteiger partial charge in [-0.15, -0.1) is 0 Å². The predicted octanol–water partition coefficient (Wildman–Crippen LogP) is 2.49. The Labute approximate surface area is 179 Å². The minimum absolute atomic E-state index is 0.123. The molecule has 4 rings (SSSR count). The summed E-state index contributed by atoms with van der Waals surface area (Å²) in [5, 5.41) is 4.35. The molecule has 0 bridgehead atoms. The third kappa shape index (κ3) is 4.40. The van der Waals surface area contributed by atoms with Crippen LogP contribution in [0.4, 0.5) is 0 Å². The Morgan fingerprint density at radius 2 is 1.87 bits per heavy atom. The molecule has 0 atom stereocenters. The zero-order valence-electron chi connectivity index (χ0n) is 17.4. The summed E-state index contributed by atoms with van der Waals surface area (Å²) in [7, 11) is 0. The van der Waals surface area contributed by atoms with Crippen molar-refractivity contribution in [1.82, 2.24) is 24.6 Å². The number of likely N-dealkylation sites (tertiary alicyclic amines) is 1. The van der Waals surface area contributed by atoms with Crippen LogP contribution in [0, 0.1) is 13.8 Å². The van der Waals surface area contributed by atoms with E-state index >= 15 is 0 Å². The number of amides is 1. The van der Waals surface area contributed by atoms with Crippen LogP contribution < -0.4 is 0 Å². The lowest BCUT2D eigenvalue weighted by Crippen LogP contribution is -2.27. The van der Waals surface area contributed by atoms with Gasteiger partial charge in [-0.3, -0.25) is 9.59 Å². The average molecular weight is 421 g/mol. The summed E-state index contributed by atoms with van der Waals surface area (Å²) < 4.78 is 6.81. The van der Waals surface area contributed by atoms with Gasteiger partial charge in [-0.1, -0.05) is 0 Å². The van der Waals surface area contributed by atoms with Gasteiger partial charge in [0, 0.05) is 36.7 Å². The first-order valence-electron chi connectivity index (χ1n) is 10.1. The number of pyridine rings is 1. The van der Waals surface area contributed by atoms with Crippen molar-refractivity contribution in [3.63, 3.8) is 0 Å². The van der Waals surface area contributed by atoms with Gasteiger partial charge in [-0.05, 0) is 51.0 Å². The largest absolute Gasteiger partial charge is 0.454 e. The van der Waals surface area contributed by atoms with E-state index in [4.69, 9.17) is 4.74 Å². The number of Topliss-reactive ketones (excluding diaryl/α,β-unsaturated/α-hetero) is 1. The number of ether oxygens (including phenoxy) is 1. The molecule has 0 unspecified atom stereocenters. The van der Waals surface area contributed by atoms with E-state index in [0.29, 0.717) is 17.1 Å². The van der Waals surface area contributed by atoms with E-state index in [9.17, 15) is 14.4 Å². The standard InChI is InChI=1S/C22H23N5O4/c1-14-9-15(2)27(25-14)20-6-5-16(11-24-20)22(30)31-13-19(28)17-10-18(23-12-17)21(29)26-7-3-4-8-26/h5-6,9-12,23H,3-4,7-8,13H2,1-2H3. The highest BCUT2D eigenvalue weighted by atomic mass is 16.5. The first-order valence-corrected chi connectivity index (χ1v) is 10.1. The Hall–Kier alpha value is -3.75. The second-order valence-corrected chi connectivity index (χ2v) is 7.54. The van der Waals surface area contributed by atoms with Crippen LogP contribution in [0.5, 0.6) is 0 Å². The molecule has 0 radical (unpaired) electrons. The fourth-order valence-electron chi connectivity index (χ4n) is 3.56. The van der Waals surface area contributed by atoms with Crippen molar-refractivity contribution in [3.8, 4) is 5.82 Å². The van der Waals surface area contributed by atoms with Gasteiger partial charge < -0.3 is 14.6 Å². The number of rotatable bonds is 6. The Morgan fingerprint density at radius 1 is 1.10 bits per heavy atom. The lowest BCUT2D eigenvalue weighted by molar-refractivity contribution is 0.0474. The molecule has 1 aliphatic heterocycles. The second kappa shape index (κ2) is 8.55. The number of aryl methyl sites for hydroxylation is 2. The predicted molar refractivity (Wildman–Crippen MR) is 111 cm³/mol. The van der Waals surface area contributed by atoms with Crippen molar-refractivity contribution in [2.45, 2.75) is 26.7 Å². The highest BCUT2D eigenvalue weighted by Gasteiger charge is 2.22. The Kier molecular flexibility index (Phi) is 5.66. The van der Waals surface area contributed by atoms with Gasteiger partial charge in [0.05, 0.1) is 11.3 Å². The number of nitrogens with one attached hydrogen (secondary N) is 1. The van der Waals surface area contributed by atoms with Crippen molar-refractivity contribution in [3.05, 3.63) is 64.9 Å². The van der Waals surface area contributed by atoms with Crippen LogP contribution in [-0.2, 0) is 4.74 Å². The summed E-state index contributed by atoms with van der Waals surface area (Å²) in [6.07, 6.45) is 4.84. The number of ketones is 1. The molecule has 1 amide bonds. The van der Waals surface area contributed by atoms with Gasteiger partial charge in [0.1, 0.15) is 5.69 Å². The quantitative estimate of drug-likeness (QED) is 0.484. The van der Waals surface area contributed by atoms with Gasteiger partial charge in [0.25, 0.3) is 5.91 Å². The van der Waals surface area contributed by atoms with E-state index in [1.165, 1.54) is 18.5 Å². The molecule has 0 spiro atoms. The van der Waals surface area contributed by atoms with E-state index in [2.05, 4.69) is 15.1 Å². The maximum atomic E-state index is 12.4. The van der Waals surface area contributed by atoms with Gasteiger partial charge in [0.15, 0.2) is 12.4 Å². The molecule has 9 nitrogen and oxygen atoms in total. The summed E-state index contributed by atoms with van der Waals surface area (Å²) in [6.45, 7) is 4.84. The first-order chi connectivity index (χ1) is 14.9. The molecule has 1 N–H and O–H groups in total. The summed E-state index contributed by atoms with van der Waals surface area (Å²) in [6, 6.07) is 6.68. The van der Waals surface area contributed by atoms with E-state index in [1.807, 2.05) is 19.9 Å². The number of carbonyl (C=O) groups is 3. The SMILES string of the molecule is Cc1cc(C)n(-c2ccc(C(=O)OCC(=O)c3c[nH]c(C(=O)N4CCCC4)c3)cn2)n1. The normalized spacial score (nSPS) is 13.4. The topological polar surface area (TPSA) is 110 Å². The minimum atomic E-state index is -0.648. The highest BCUT2D eigenvalue weighted by Crippen LogP contribution is 2.14. The van der Waals surface area contributed by atoms with E-state index in [0.717, 1.165) is 37.3 Å².